The number of halogens is 2. The Morgan fingerprint density at radius 3 is 2.46 bits per heavy atom. The van der Waals surface area contributed by atoms with Crippen LogP contribution < -0.4 is 19.5 Å². The Morgan fingerprint density at radius 1 is 1.03 bits per heavy atom. The van der Waals surface area contributed by atoms with Crippen LogP contribution in [0.3, 0.4) is 0 Å². The number of benzene rings is 3. The van der Waals surface area contributed by atoms with Crippen molar-refractivity contribution in [3.8, 4) is 23.3 Å². The molecule has 0 bridgehead atoms. The van der Waals surface area contributed by atoms with Crippen molar-refractivity contribution in [1.82, 2.24) is 9.88 Å². The maximum absolute atomic E-state index is 9.85. The predicted molar refractivity (Wildman–Crippen MR) is 154 cm³/mol. The van der Waals surface area contributed by atoms with Gasteiger partial charge in [-0.1, -0.05) is 23.2 Å². The minimum atomic E-state index is -0.209. The Kier molecular flexibility index (Phi) is 8.15. The fourth-order valence-electron chi connectivity index (χ4n) is 4.89. The van der Waals surface area contributed by atoms with Crippen LogP contribution in [0.1, 0.15) is 18.4 Å². The number of hydrogen-bond donors (Lipinski definition) is 2. The summed E-state index contributed by atoms with van der Waals surface area (Å²) in [5, 5.41) is 26.1. The summed E-state index contributed by atoms with van der Waals surface area (Å²) in [7, 11) is 3.14. The van der Waals surface area contributed by atoms with Crippen molar-refractivity contribution < 1.29 is 19.3 Å². The van der Waals surface area contributed by atoms with Crippen molar-refractivity contribution in [2.45, 2.75) is 18.9 Å². The number of aromatic nitrogens is 1. The van der Waals surface area contributed by atoms with Gasteiger partial charge in [-0.15, -0.1) is 0 Å². The molecule has 1 aromatic heterocycles. The van der Waals surface area contributed by atoms with Gasteiger partial charge in [-0.05, 0) is 43.2 Å². The summed E-state index contributed by atoms with van der Waals surface area (Å²) in [6.45, 7) is 2.94. The summed E-state index contributed by atoms with van der Waals surface area (Å²) >= 11 is 12.7. The molecule has 0 amide bonds. The van der Waals surface area contributed by atoms with Crippen LogP contribution in [0.25, 0.3) is 21.7 Å². The van der Waals surface area contributed by atoms with Gasteiger partial charge in [0.05, 0.1) is 52.8 Å². The third kappa shape index (κ3) is 5.49. The van der Waals surface area contributed by atoms with E-state index in [2.05, 4.69) is 21.3 Å². The summed E-state index contributed by atoms with van der Waals surface area (Å²) in [5.74, 6) is 1.73. The normalized spacial score (nSPS) is 14.4. The third-order valence-corrected chi connectivity index (χ3v) is 7.61. The molecule has 202 valence electrons. The molecule has 39 heavy (non-hydrogen) atoms. The quantitative estimate of drug-likeness (QED) is 0.244. The summed E-state index contributed by atoms with van der Waals surface area (Å²) in [5.41, 5.74) is 2.18. The highest BCUT2D eigenvalue weighted by Crippen LogP contribution is 2.42. The Bertz CT molecular complexity index is 1570. The molecule has 1 fully saturated rings. The first kappa shape index (κ1) is 27.1. The molecular formula is C29H28Cl2N4O4. The number of piperidine rings is 1. The van der Waals surface area contributed by atoms with E-state index in [1.807, 2.05) is 24.3 Å². The van der Waals surface area contributed by atoms with E-state index in [0.717, 1.165) is 48.6 Å². The van der Waals surface area contributed by atoms with Gasteiger partial charge in [0.2, 0.25) is 0 Å². The molecule has 1 saturated heterocycles. The lowest BCUT2D eigenvalue weighted by Crippen LogP contribution is -2.38. The highest BCUT2D eigenvalue weighted by molar-refractivity contribution is 6.37. The molecule has 2 N–H and O–H groups in total. The van der Waals surface area contributed by atoms with Crippen LogP contribution >= 0.6 is 23.2 Å². The number of nitrogens with zero attached hydrogens (tertiary/aromatic N) is 3. The number of ether oxygens (including phenoxy) is 3. The van der Waals surface area contributed by atoms with E-state index in [1.165, 1.54) is 7.11 Å². The maximum atomic E-state index is 9.85. The van der Waals surface area contributed by atoms with Gasteiger partial charge in [-0.2, -0.15) is 5.26 Å². The number of pyridine rings is 1. The number of methoxy groups -OCH3 is 2. The highest BCUT2D eigenvalue weighted by Gasteiger charge is 2.19. The summed E-state index contributed by atoms with van der Waals surface area (Å²) < 4.78 is 17.2. The van der Waals surface area contributed by atoms with Crippen LogP contribution in [-0.2, 0) is 0 Å². The van der Waals surface area contributed by atoms with Gasteiger partial charge in [0, 0.05) is 48.1 Å². The first-order valence-corrected chi connectivity index (χ1v) is 13.3. The minimum absolute atomic E-state index is 0.209. The molecule has 0 unspecified atom stereocenters. The fourth-order valence-corrected chi connectivity index (χ4v) is 5.39. The number of aliphatic hydroxyl groups is 1. The lowest BCUT2D eigenvalue weighted by atomic mass is 10.0. The van der Waals surface area contributed by atoms with Crippen molar-refractivity contribution in [1.29, 1.82) is 5.26 Å². The number of likely N-dealkylation sites (tertiary alicyclic amines) is 1. The zero-order valence-corrected chi connectivity index (χ0v) is 23.1. The summed E-state index contributed by atoms with van der Waals surface area (Å²) in [4.78, 5) is 6.93. The van der Waals surface area contributed by atoms with Crippen molar-refractivity contribution in [2.75, 3.05) is 45.8 Å². The van der Waals surface area contributed by atoms with E-state index < -0.39 is 0 Å². The standard InChI is InChI=1S/C29H28Cl2N4O4/c1-37-25-6-5-19-20(29(25)39-12-11-35-9-7-18(36)8-10-35)3-4-21-27(17(15-32)16-33-28(19)21)34-24-14-26(38-2)23(31)13-22(24)30/h3-6,13-14,16,18,36H,7-12H2,1-2H3,(H,33,34). The average Bonchev–Trinajstić information content (AvgIpc) is 2.95. The Hall–Kier alpha value is -3.48. The van der Waals surface area contributed by atoms with Gasteiger partial charge in [-0.25, -0.2) is 0 Å². The molecule has 10 heteroatoms. The first-order chi connectivity index (χ1) is 18.9. The first-order valence-electron chi connectivity index (χ1n) is 12.6. The zero-order valence-electron chi connectivity index (χ0n) is 21.6. The molecule has 4 aromatic rings. The monoisotopic (exact) mass is 566 g/mol. The largest absolute Gasteiger partial charge is 0.495 e. The van der Waals surface area contributed by atoms with Gasteiger partial charge in [0.25, 0.3) is 0 Å². The van der Waals surface area contributed by atoms with E-state index in [-0.39, 0.29) is 6.10 Å². The second-order valence-corrected chi connectivity index (χ2v) is 10.1. The zero-order chi connectivity index (χ0) is 27.5. The number of nitriles is 1. The summed E-state index contributed by atoms with van der Waals surface area (Å²) in [6.07, 6.45) is 2.90. The van der Waals surface area contributed by atoms with Crippen LogP contribution in [0.5, 0.6) is 17.2 Å². The number of nitrogens with one attached hydrogen (secondary N) is 1. The van der Waals surface area contributed by atoms with E-state index in [4.69, 9.17) is 37.4 Å². The lowest BCUT2D eigenvalue weighted by molar-refractivity contribution is 0.0754. The third-order valence-electron chi connectivity index (χ3n) is 7.00. The molecule has 0 spiro atoms. The maximum Gasteiger partial charge on any atom is 0.169 e. The number of rotatable bonds is 8. The number of hydrogen-bond acceptors (Lipinski definition) is 8. The van der Waals surface area contributed by atoms with E-state index in [0.29, 0.717) is 56.4 Å². The lowest BCUT2D eigenvalue weighted by Gasteiger charge is -2.29. The molecule has 5 rings (SSSR count). The van der Waals surface area contributed by atoms with Gasteiger partial charge in [0.1, 0.15) is 18.4 Å². The number of fused-ring (bicyclic) bond motifs is 3. The van der Waals surface area contributed by atoms with Crippen LogP contribution in [0, 0.1) is 11.3 Å². The van der Waals surface area contributed by atoms with Gasteiger partial charge in [-0.3, -0.25) is 9.88 Å². The molecule has 1 aliphatic rings. The van der Waals surface area contributed by atoms with E-state index >= 15 is 0 Å². The van der Waals surface area contributed by atoms with Crippen LogP contribution in [0.2, 0.25) is 10.0 Å². The molecule has 3 aromatic carbocycles. The van der Waals surface area contributed by atoms with Crippen LogP contribution in [-0.4, -0.2) is 61.6 Å². The van der Waals surface area contributed by atoms with Gasteiger partial charge >= 0.3 is 0 Å². The molecule has 0 saturated carbocycles. The molecular weight excluding hydrogens is 539 g/mol. The van der Waals surface area contributed by atoms with Crippen LogP contribution in [0.4, 0.5) is 11.4 Å². The molecule has 0 aliphatic carbocycles. The molecule has 0 radical (unpaired) electrons. The van der Waals surface area contributed by atoms with Crippen LogP contribution in [0.15, 0.2) is 42.6 Å². The Morgan fingerprint density at radius 2 is 1.74 bits per heavy atom. The van der Waals surface area contributed by atoms with Gasteiger partial charge in [0.15, 0.2) is 11.5 Å². The van der Waals surface area contributed by atoms with E-state index in [1.54, 1.807) is 25.4 Å². The second kappa shape index (κ2) is 11.7. The SMILES string of the molecule is COc1cc(Nc2c(C#N)cnc3c2ccc2c(OCCN4CCC(O)CC4)c(OC)ccc23)c(Cl)cc1Cl. The Labute approximate surface area is 236 Å². The predicted octanol–water partition coefficient (Wildman–Crippen LogP) is 6.16. The topological polar surface area (TPSA) is 99.9 Å². The molecule has 1 aliphatic heterocycles. The molecule has 8 nitrogen and oxygen atoms in total. The summed E-state index contributed by atoms with van der Waals surface area (Å²) in [6, 6.07) is 13.2. The molecule has 0 atom stereocenters. The minimum Gasteiger partial charge on any atom is -0.495 e. The molecule has 2 heterocycles. The Balaban J connectivity index is 1.53. The second-order valence-electron chi connectivity index (χ2n) is 9.33. The average molecular weight is 567 g/mol. The van der Waals surface area contributed by atoms with Crippen molar-refractivity contribution >= 4 is 56.3 Å². The van der Waals surface area contributed by atoms with E-state index in [9.17, 15) is 10.4 Å². The van der Waals surface area contributed by atoms with Crippen molar-refractivity contribution in [3.63, 3.8) is 0 Å². The number of anilines is 2. The highest BCUT2D eigenvalue weighted by atomic mass is 35.5. The van der Waals surface area contributed by atoms with Gasteiger partial charge < -0.3 is 24.6 Å². The van der Waals surface area contributed by atoms with Crippen molar-refractivity contribution in [3.05, 3.63) is 58.2 Å². The smallest absolute Gasteiger partial charge is 0.169 e. The number of aliphatic hydroxyl groups excluding tert-OH is 1. The van der Waals surface area contributed by atoms with Crippen molar-refractivity contribution in [2.24, 2.45) is 0 Å². The fraction of sp³-hybridized carbons (Fsp3) is 0.310.